The van der Waals surface area contributed by atoms with Crippen LogP contribution in [0.25, 0.3) is 11.1 Å². The van der Waals surface area contributed by atoms with Gasteiger partial charge in [0.15, 0.2) is 0 Å². The number of allylic oxidation sites excluding steroid dienone is 8. The summed E-state index contributed by atoms with van der Waals surface area (Å²) >= 11 is 0. The van der Waals surface area contributed by atoms with Crippen molar-refractivity contribution in [3.05, 3.63) is 119 Å². The first-order chi connectivity index (χ1) is 13.3. The van der Waals surface area contributed by atoms with Gasteiger partial charge in [0.2, 0.25) is 0 Å². The number of hydrogen-bond acceptors (Lipinski definition) is 0. The Morgan fingerprint density at radius 1 is 0.889 bits per heavy atom. The normalized spacial score (nSPS) is 29.2. The number of rotatable bonds is 2. The molecular weight excluding hydrogens is 324 g/mol. The van der Waals surface area contributed by atoms with Crippen molar-refractivity contribution >= 4 is 11.1 Å². The van der Waals surface area contributed by atoms with Crippen molar-refractivity contribution in [2.45, 2.75) is 18.3 Å². The van der Waals surface area contributed by atoms with Crippen molar-refractivity contribution in [1.29, 1.82) is 0 Å². The van der Waals surface area contributed by atoms with Crippen molar-refractivity contribution in [1.82, 2.24) is 0 Å². The fraction of sp³-hybridized carbons (Fsp3) is 0.185. The molecular formula is C27H22. The summed E-state index contributed by atoms with van der Waals surface area (Å²) in [6, 6.07) is 17.9. The molecule has 0 heteroatoms. The van der Waals surface area contributed by atoms with Gasteiger partial charge in [-0.05, 0) is 69.2 Å². The molecule has 130 valence electrons. The summed E-state index contributed by atoms with van der Waals surface area (Å²) < 4.78 is 0. The highest BCUT2D eigenvalue weighted by atomic mass is 14.6. The zero-order valence-electron chi connectivity index (χ0n) is 15.4. The topological polar surface area (TPSA) is 0 Å². The first-order valence-corrected chi connectivity index (χ1v) is 9.93. The summed E-state index contributed by atoms with van der Waals surface area (Å²) in [5.41, 5.74) is 11.0. The van der Waals surface area contributed by atoms with E-state index in [0.717, 1.165) is 5.92 Å². The number of fused-ring (bicyclic) bond motifs is 8. The second-order valence-electron chi connectivity index (χ2n) is 8.14. The molecule has 1 spiro atoms. The standard InChI is InChI=1S/C27H22/c1-3-18-19-11-5-7-14-24(19)27(23(18)4-2)25-15-8-6-12-20(25)21-13-9-10-17-16-22(17)26(21)27/h3-9,11-15,17,22H,1-2,10,16H2. The largest absolute Gasteiger partial charge is 0.0987 e. The molecule has 0 aliphatic heterocycles. The van der Waals surface area contributed by atoms with Crippen LogP contribution in [0.15, 0.2) is 97.1 Å². The number of benzene rings is 2. The summed E-state index contributed by atoms with van der Waals surface area (Å²) in [7, 11) is 0. The van der Waals surface area contributed by atoms with E-state index in [1.54, 1.807) is 5.57 Å². The van der Waals surface area contributed by atoms with Crippen LogP contribution in [-0.2, 0) is 5.41 Å². The van der Waals surface area contributed by atoms with E-state index in [-0.39, 0.29) is 5.41 Å². The van der Waals surface area contributed by atoms with E-state index in [1.807, 2.05) is 6.08 Å². The van der Waals surface area contributed by atoms with Crippen LogP contribution in [0.3, 0.4) is 0 Å². The van der Waals surface area contributed by atoms with Gasteiger partial charge in [-0.2, -0.15) is 0 Å². The quantitative estimate of drug-likeness (QED) is 0.584. The van der Waals surface area contributed by atoms with E-state index < -0.39 is 0 Å². The monoisotopic (exact) mass is 346 g/mol. The predicted molar refractivity (Wildman–Crippen MR) is 113 cm³/mol. The summed E-state index contributed by atoms with van der Waals surface area (Å²) in [4.78, 5) is 0. The molecule has 0 bridgehead atoms. The Kier molecular flexibility index (Phi) is 2.88. The van der Waals surface area contributed by atoms with Gasteiger partial charge in [0.05, 0.1) is 5.41 Å². The average molecular weight is 346 g/mol. The Morgan fingerprint density at radius 3 is 2.33 bits per heavy atom. The molecule has 0 nitrogen and oxygen atoms in total. The average Bonchev–Trinajstić information content (AvgIpc) is 3.37. The Balaban J connectivity index is 1.82. The SMILES string of the molecule is C=CC1=C(C=C)C2(C3=C(C=CCC4CC34)c3ccccc32)c2ccccc21. The van der Waals surface area contributed by atoms with Crippen LogP contribution in [0, 0.1) is 11.8 Å². The molecule has 0 N–H and O–H groups in total. The lowest BCUT2D eigenvalue weighted by molar-refractivity contribution is 0.667. The van der Waals surface area contributed by atoms with Gasteiger partial charge in [-0.1, -0.05) is 86.0 Å². The second kappa shape index (κ2) is 5.10. The van der Waals surface area contributed by atoms with E-state index in [2.05, 4.69) is 79.9 Å². The minimum Gasteiger partial charge on any atom is -0.0987 e. The summed E-state index contributed by atoms with van der Waals surface area (Å²) in [5, 5.41) is 0. The molecule has 2 aromatic carbocycles. The number of hydrogen-bond donors (Lipinski definition) is 0. The Hall–Kier alpha value is -2.86. The molecule has 4 aliphatic carbocycles. The minimum atomic E-state index is -0.193. The molecule has 0 aromatic heterocycles. The van der Waals surface area contributed by atoms with E-state index in [0.29, 0.717) is 5.92 Å². The highest BCUT2D eigenvalue weighted by molar-refractivity contribution is 5.99. The van der Waals surface area contributed by atoms with Crippen LogP contribution in [0.5, 0.6) is 0 Å². The predicted octanol–water partition coefficient (Wildman–Crippen LogP) is 6.48. The molecule has 3 atom stereocenters. The zero-order valence-corrected chi connectivity index (χ0v) is 15.4. The molecule has 0 radical (unpaired) electrons. The lowest BCUT2D eigenvalue weighted by Crippen LogP contribution is -2.29. The molecule has 2 aromatic rings. The third-order valence-electron chi connectivity index (χ3n) is 7.06. The Bertz CT molecular complexity index is 1120. The fourth-order valence-electron chi connectivity index (χ4n) is 6.02. The molecule has 1 fully saturated rings. The van der Waals surface area contributed by atoms with Gasteiger partial charge in [-0.15, -0.1) is 0 Å². The van der Waals surface area contributed by atoms with Crippen molar-refractivity contribution in [3.63, 3.8) is 0 Å². The third kappa shape index (κ3) is 1.65. The van der Waals surface area contributed by atoms with Crippen LogP contribution in [0.2, 0.25) is 0 Å². The lowest BCUT2D eigenvalue weighted by Gasteiger charge is -2.34. The van der Waals surface area contributed by atoms with Gasteiger partial charge in [0.25, 0.3) is 0 Å². The van der Waals surface area contributed by atoms with Crippen molar-refractivity contribution in [3.8, 4) is 0 Å². The molecule has 6 rings (SSSR count). The van der Waals surface area contributed by atoms with Gasteiger partial charge >= 0.3 is 0 Å². The maximum Gasteiger partial charge on any atom is 0.0691 e. The highest BCUT2D eigenvalue weighted by Gasteiger charge is 2.58. The van der Waals surface area contributed by atoms with E-state index in [9.17, 15) is 0 Å². The van der Waals surface area contributed by atoms with E-state index in [1.165, 1.54) is 51.8 Å². The third-order valence-corrected chi connectivity index (χ3v) is 7.06. The Morgan fingerprint density at radius 2 is 1.59 bits per heavy atom. The molecule has 0 heterocycles. The van der Waals surface area contributed by atoms with E-state index >= 15 is 0 Å². The molecule has 1 saturated carbocycles. The van der Waals surface area contributed by atoms with Crippen LogP contribution in [-0.4, -0.2) is 0 Å². The lowest BCUT2D eigenvalue weighted by atomic mass is 9.67. The maximum atomic E-state index is 4.27. The van der Waals surface area contributed by atoms with Crippen molar-refractivity contribution in [2.75, 3.05) is 0 Å². The summed E-state index contributed by atoms with van der Waals surface area (Å²) in [5.74, 6) is 1.47. The second-order valence-corrected chi connectivity index (χ2v) is 8.14. The first kappa shape index (κ1) is 15.2. The first-order valence-electron chi connectivity index (χ1n) is 9.93. The molecule has 4 aliphatic rings. The smallest absolute Gasteiger partial charge is 0.0691 e. The Labute approximate surface area is 160 Å². The summed E-state index contributed by atoms with van der Waals surface area (Å²) in [6.45, 7) is 8.44. The van der Waals surface area contributed by atoms with Gasteiger partial charge in [0.1, 0.15) is 0 Å². The molecule has 0 saturated heterocycles. The van der Waals surface area contributed by atoms with Gasteiger partial charge < -0.3 is 0 Å². The van der Waals surface area contributed by atoms with Gasteiger partial charge in [-0.3, -0.25) is 0 Å². The van der Waals surface area contributed by atoms with Crippen LogP contribution >= 0.6 is 0 Å². The molecule has 27 heavy (non-hydrogen) atoms. The highest BCUT2D eigenvalue weighted by Crippen LogP contribution is 2.68. The summed E-state index contributed by atoms with van der Waals surface area (Å²) in [6.07, 6.45) is 11.4. The van der Waals surface area contributed by atoms with Crippen molar-refractivity contribution in [2.24, 2.45) is 11.8 Å². The molecule has 0 amide bonds. The van der Waals surface area contributed by atoms with Crippen LogP contribution in [0.4, 0.5) is 0 Å². The zero-order chi connectivity index (χ0) is 18.2. The molecule has 3 unspecified atom stereocenters. The fourth-order valence-corrected chi connectivity index (χ4v) is 6.02. The minimum absolute atomic E-state index is 0.193. The van der Waals surface area contributed by atoms with Gasteiger partial charge in [0, 0.05) is 0 Å². The van der Waals surface area contributed by atoms with Crippen LogP contribution < -0.4 is 0 Å². The van der Waals surface area contributed by atoms with E-state index in [4.69, 9.17) is 0 Å². The van der Waals surface area contributed by atoms with Crippen molar-refractivity contribution < 1.29 is 0 Å². The maximum absolute atomic E-state index is 4.27. The van der Waals surface area contributed by atoms with Crippen LogP contribution in [0.1, 0.15) is 35.1 Å². The van der Waals surface area contributed by atoms with Gasteiger partial charge in [-0.25, -0.2) is 0 Å².